The van der Waals surface area contributed by atoms with E-state index in [0.29, 0.717) is 17.5 Å². The first-order valence-corrected chi connectivity index (χ1v) is 11.4. The number of anilines is 1. The highest BCUT2D eigenvalue weighted by molar-refractivity contribution is 6.22. The minimum atomic E-state index is -0.682. The van der Waals surface area contributed by atoms with Crippen molar-refractivity contribution in [3.63, 3.8) is 0 Å². The summed E-state index contributed by atoms with van der Waals surface area (Å²) in [7, 11) is 0. The quantitative estimate of drug-likeness (QED) is 0.543. The molecule has 7 heteroatoms. The minimum absolute atomic E-state index is 0.156. The molecule has 1 aliphatic heterocycles. The van der Waals surface area contributed by atoms with Crippen molar-refractivity contribution in [1.82, 2.24) is 5.32 Å². The summed E-state index contributed by atoms with van der Waals surface area (Å²) in [5, 5.41) is 2.79. The Bertz CT molecular complexity index is 1090. The number of carbonyl (C=O) groups is 4. The smallest absolute Gasteiger partial charge is 0.338 e. The molecule has 0 unspecified atom stereocenters. The molecule has 0 aromatic heterocycles. The lowest BCUT2D eigenvalue weighted by Crippen LogP contribution is -2.33. The van der Waals surface area contributed by atoms with Crippen molar-refractivity contribution >= 4 is 29.4 Å². The predicted molar refractivity (Wildman–Crippen MR) is 120 cm³/mol. The van der Waals surface area contributed by atoms with Crippen LogP contribution in [0.2, 0.25) is 0 Å². The van der Waals surface area contributed by atoms with E-state index in [-0.39, 0.29) is 35.3 Å². The lowest BCUT2D eigenvalue weighted by atomic mass is 9.81. The van der Waals surface area contributed by atoms with Gasteiger partial charge in [-0.2, -0.15) is 0 Å². The Morgan fingerprint density at radius 3 is 2.33 bits per heavy atom. The number of fused-ring (bicyclic) bond motifs is 5. The number of rotatable bonds is 6. The molecule has 2 saturated carbocycles. The van der Waals surface area contributed by atoms with Gasteiger partial charge in [0.2, 0.25) is 11.8 Å². The van der Waals surface area contributed by atoms with Gasteiger partial charge in [-0.3, -0.25) is 19.3 Å². The molecule has 3 amide bonds. The van der Waals surface area contributed by atoms with Gasteiger partial charge in [0, 0.05) is 0 Å². The first-order valence-electron chi connectivity index (χ1n) is 11.4. The van der Waals surface area contributed by atoms with Crippen molar-refractivity contribution in [1.29, 1.82) is 0 Å². The summed E-state index contributed by atoms with van der Waals surface area (Å²) in [4.78, 5) is 52.1. The van der Waals surface area contributed by atoms with Crippen molar-refractivity contribution in [3.8, 4) is 0 Å². The van der Waals surface area contributed by atoms with E-state index in [1.165, 1.54) is 11.0 Å². The zero-order valence-electron chi connectivity index (χ0n) is 18.4. The fraction of sp³-hybridized carbons (Fsp3) is 0.385. The maximum absolute atomic E-state index is 13.0. The average molecular weight is 447 g/mol. The third-order valence-electron chi connectivity index (χ3n) is 7.28. The van der Waals surface area contributed by atoms with Gasteiger partial charge in [0.25, 0.3) is 5.91 Å². The lowest BCUT2D eigenvalue weighted by Gasteiger charge is -2.19. The van der Waals surface area contributed by atoms with E-state index in [4.69, 9.17) is 4.74 Å². The molecule has 3 fully saturated rings. The van der Waals surface area contributed by atoms with Crippen LogP contribution in [0, 0.1) is 23.7 Å². The first kappa shape index (κ1) is 21.4. The number of nitrogens with one attached hydrogen (secondary N) is 1. The summed E-state index contributed by atoms with van der Waals surface area (Å²) < 4.78 is 5.18. The average Bonchev–Trinajstić information content (AvgIpc) is 3.51. The molecule has 1 N–H and O–H groups in total. The van der Waals surface area contributed by atoms with E-state index in [1.54, 1.807) is 18.2 Å². The Balaban J connectivity index is 1.22. The number of ether oxygens (including phenoxy) is 1. The fourth-order valence-corrected chi connectivity index (χ4v) is 5.76. The molecule has 170 valence electrons. The number of nitrogens with zero attached hydrogens (tertiary/aromatic N) is 1. The van der Waals surface area contributed by atoms with Crippen molar-refractivity contribution < 1.29 is 23.9 Å². The summed E-state index contributed by atoms with van der Waals surface area (Å²) >= 11 is 0. The second-order valence-electron chi connectivity index (χ2n) is 9.22. The maximum Gasteiger partial charge on any atom is 0.338 e. The van der Waals surface area contributed by atoms with E-state index in [9.17, 15) is 19.2 Å². The molecule has 2 aromatic rings. The molecule has 1 saturated heterocycles. The van der Waals surface area contributed by atoms with Crippen molar-refractivity contribution in [2.45, 2.75) is 32.2 Å². The molecule has 3 aliphatic rings. The van der Waals surface area contributed by atoms with Gasteiger partial charge in [0.05, 0.1) is 29.1 Å². The zero-order chi connectivity index (χ0) is 23.1. The number of hydrogen-bond donors (Lipinski definition) is 1. The van der Waals surface area contributed by atoms with Gasteiger partial charge < -0.3 is 10.1 Å². The number of amides is 3. The summed E-state index contributed by atoms with van der Waals surface area (Å²) in [5.74, 6) is -1.25. The van der Waals surface area contributed by atoms with Crippen molar-refractivity contribution in [2.75, 3.05) is 11.5 Å². The Labute approximate surface area is 192 Å². The summed E-state index contributed by atoms with van der Waals surface area (Å²) in [6.45, 7) is 1.43. The highest BCUT2D eigenvalue weighted by atomic mass is 16.5. The molecule has 0 radical (unpaired) electrons. The van der Waals surface area contributed by atoms with Gasteiger partial charge in [-0.15, -0.1) is 0 Å². The third-order valence-corrected chi connectivity index (χ3v) is 7.28. The topological polar surface area (TPSA) is 92.8 Å². The van der Waals surface area contributed by atoms with Gasteiger partial charge in [0.1, 0.15) is 0 Å². The minimum Gasteiger partial charge on any atom is -0.452 e. The van der Waals surface area contributed by atoms with Gasteiger partial charge in [0.15, 0.2) is 6.61 Å². The second kappa shape index (κ2) is 8.46. The SMILES string of the molecule is C[C@@H](NC(=O)COC(=O)c1cccc(N2C(=O)[C@@H]3[C@H]4CC[C@@H](C4)[C@@H]3C2=O)c1)c1ccccc1. The highest BCUT2D eigenvalue weighted by Gasteiger charge is 2.61. The van der Waals surface area contributed by atoms with Gasteiger partial charge >= 0.3 is 5.97 Å². The largest absolute Gasteiger partial charge is 0.452 e. The Kier molecular flexibility index (Phi) is 5.48. The van der Waals surface area contributed by atoms with Gasteiger partial charge in [-0.05, 0) is 61.8 Å². The third kappa shape index (κ3) is 3.81. The van der Waals surface area contributed by atoms with Crippen LogP contribution in [0.1, 0.15) is 48.1 Å². The molecule has 7 nitrogen and oxygen atoms in total. The van der Waals surface area contributed by atoms with Crippen LogP contribution in [0.5, 0.6) is 0 Å². The van der Waals surface area contributed by atoms with Crippen LogP contribution in [0.4, 0.5) is 5.69 Å². The van der Waals surface area contributed by atoms with Crippen LogP contribution in [0.15, 0.2) is 54.6 Å². The number of carbonyl (C=O) groups excluding carboxylic acids is 4. The van der Waals surface area contributed by atoms with Crippen molar-refractivity contribution in [3.05, 3.63) is 65.7 Å². The summed E-state index contributed by atoms with van der Waals surface area (Å²) in [6.07, 6.45) is 2.99. The maximum atomic E-state index is 13.0. The number of imide groups is 1. The van der Waals surface area contributed by atoms with E-state index < -0.39 is 18.5 Å². The second-order valence-corrected chi connectivity index (χ2v) is 9.22. The van der Waals surface area contributed by atoms with Crippen molar-refractivity contribution in [2.24, 2.45) is 23.7 Å². The molecular weight excluding hydrogens is 420 g/mol. The van der Waals surface area contributed by atoms with Crippen LogP contribution in [0.25, 0.3) is 0 Å². The molecule has 5 rings (SSSR count). The van der Waals surface area contributed by atoms with E-state index in [2.05, 4.69) is 5.32 Å². The number of esters is 1. The molecule has 2 aliphatic carbocycles. The van der Waals surface area contributed by atoms with Crippen LogP contribution in [-0.2, 0) is 19.1 Å². The zero-order valence-corrected chi connectivity index (χ0v) is 18.4. The number of hydrogen-bond acceptors (Lipinski definition) is 5. The van der Waals surface area contributed by atoms with Crippen LogP contribution >= 0.6 is 0 Å². The van der Waals surface area contributed by atoms with Crippen LogP contribution < -0.4 is 10.2 Å². The highest BCUT2D eigenvalue weighted by Crippen LogP contribution is 2.56. The lowest BCUT2D eigenvalue weighted by molar-refractivity contribution is -0.125. The monoisotopic (exact) mass is 446 g/mol. The molecule has 2 bridgehead atoms. The van der Waals surface area contributed by atoms with Gasteiger partial charge in [-0.25, -0.2) is 4.79 Å². The van der Waals surface area contributed by atoms with E-state index in [0.717, 1.165) is 24.8 Å². The molecule has 33 heavy (non-hydrogen) atoms. The van der Waals surface area contributed by atoms with E-state index >= 15 is 0 Å². The number of benzene rings is 2. The Morgan fingerprint density at radius 2 is 1.67 bits per heavy atom. The van der Waals surface area contributed by atoms with Crippen LogP contribution in [0.3, 0.4) is 0 Å². The first-order chi connectivity index (χ1) is 15.9. The van der Waals surface area contributed by atoms with Crippen LogP contribution in [-0.4, -0.2) is 30.3 Å². The molecule has 1 heterocycles. The van der Waals surface area contributed by atoms with Gasteiger partial charge in [-0.1, -0.05) is 36.4 Å². The Hall–Kier alpha value is -3.48. The standard InChI is InChI=1S/C26H26N2O5/c1-15(16-6-3-2-4-7-16)27-21(29)14-33-26(32)19-8-5-9-20(13-19)28-24(30)22-17-10-11-18(12-17)23(22)25(28)31/h2-9,13,15,17-18,22-23H,10-12,14H2,1H3,(H,27,29)/t15-,17+,18+,22-,23+/m1/s1. The summed E-state index contributed by atoms with van der Waals surface area (Å²) in [5.41, 5.74) is 1.52. The molecule has 5 atom stereocenters. The molecule has 0 spiro atoms. The fourth-order valence-electron chi connectivity index (χ4n) is 5.76. The van der Waals surface area contributed by atoms with E-state index in [1.807, 2.05) is 37.3 Å². The normalized spacial score (nSPS) is 26.3. The molecule has 2 aromatic carbocycles. The predicted octanol–water partition coefficient (Wildman–Crippen LogP) is 3.26. The Morgan fingerprint density at radius 1 is 1.00 bits per heavy atom. The summed E-state index contributed by atoms with van der Waals surface area (Å²) in [6, 6.07) is 15.6. The molecular formula is C26H26N2O5.